The Hall–Kier alpha value is -4.53. The van der Waals surface area contributed by atoms with Crippen molar-refractivity contribution >= 4 is 5.97 Å². The minimum atomic E-state index is -2.27. The monoisotopic (exact) mass is 568 g/mol. The molecule has 6 rings (SSSR count). The van der Waals surface area contributed by atoms with Gasteiger partial charge in [-0.25, -0.2) is 0 Å². The maximum atomic E-state index is 13.0. The Morgan fingerprint density at radius 1 is 0.857 bits per heavy atom. The molecule has 4 aromatic carbocycles. The Kier molecular flexibility index (Phi) is 6.63. The molecule has 1 aliphatic carbocycles. The summed E-state index contributed by atoms with van der Waals surface area (Å²) in [5.74, 6) is -2.33. The van der Waals surface area contributed by atoms with Gasteiger partial charge in [-0.05, 0) is 35.7 Å². The van der Waals surface area contributed by atoms with Gasteiger partial charge in [-0.3, -0.25) is 4.79 Å². The third kappa shape index (κ3) is 3.79. The van der Waals surface area contributed by atoms with Crippen molar-refractivity contribution in [3.8, 4) is 23.0 Å². The van der Waals surface area contributed by atoms with Crippen LogP contribution in [0.3, 0.4) is 0 Å². The zero-order chi connectivity index (χ0) is 29.7. The van der Waals surface area contributed by atoms with Crippen LogP contribution in [-0.4, -0.2) is 41.1 Å². The molecule has 2 aliphatic rings. The zero-order valence-electron chi connectivity index (χ0n) is 23.5. The minimum Gasteiger partial charge on any atom is -0.497 e. The number of rotatable bonds is 8. The summed E-state index contributed by atoms with van der Waals surface area (Å²) in [4.78, 5) is 13.0. The van der Waals surface area contributed by atoms with Gasteiger partial charge in [-0.15, -0.1) is 0 Å². The number of hydrogen-bond donors (Lipinski definition) is 3. The molecule has 216 valence electrons. The molecule has 8 nitrogen and oxygen atoms in total. The van der Waals surface area contributed by atoms with Gasteiger partial charge in [0.05, 0.1) is 25.7 Å². The van der Waals surface area contributed by atoms with Gasteiger partial charge in [-0.2, -0.15) is 0 Å². The van der Waals surface area contributed by atoms with Crippen molar-refractivity contribution in [1.29, 1.82) is 0 Å². The first kappa shape index (κ1) is 27.6. The number of carbonyl (C=O) groups is 1. The van der Waals surface area contributed by atoms with E-state index in [2.05, 4.69) is 0 Å². The molecule has 42 heavy (non-hydrogen) atoms. The van der Waals surface area contributed by atoms with Crippen molar-refractivity contribution in [2.75, 3.05) is 14.2 Å². The summed E-state index contributed by atoms with van der Waals surface area (Å²) in [5, 5.41) is 35.9. The molecule has 8 heteroatoms. The van der Waals surface area contributed by atoms with Crippen LogP contribution in [0.5, 0.6) is 23.0 Å². The van der Waals surface area contributed by atoms with Gasteiger partial charge >= 0.3 is 5.97 Å². The maximum absolute atomic E-state index is 13.0. The number of aliphatic hydroxyl groups is 2. The summed E-state index contributed by atoms with van der Waals surface area (Å²) in [6.07, 6.45) is 0. The van der Waals surface area contributed by atoms with Gasteiger partial charge in [0.1, 0.15) is 35.2 Å². The standard InChI is InChI=1S/C34H32O8/c1-32(37)30(31(35)36)28(22-12-8-5-9-13-22)33(23-14-16-24(39-2)17-15-23)34(32,38)29-26(40-3)18-25(19-27(29)42-33)41-20-21-10-6-4-7-11-21/h4-19,28,30,37-38H,20H2,1-3H3,(H,35,36). The Bertz CT molecular complexity index is 1600. The summed E-state index contributed by atoms with van der Waals surface area (Å²) in [6, 6.07) is 28.8. The number of ether oxygens (including phenoxy) is 4. The molecule has 0 saturated heterocycles. The Morgan fingerprint density at radius 2 is 1.50 bits per heavy atom. The van der Waals surface area contributed by atoms with Crippen LogP contribution < -0.4 is 18.9 Å². The largest absolute Gasteiger partial charge is 0.497 e. The minimum absolute atomic E-state index is 0.155. The average molecular weight is 569 g/mol. The molecule has 0 aromatic heterocycles. The highest BCUT2D eigenvalue weighted by Gasteiger charge is 2.82. The Morgan fingerprint density at radius 3 is 2.10 bits per heavy atom. The maximum Gasteiger partial charge on any atom is 0.310 e. The predicted octanol–water partition coefficient (Wildman–Crippen LogP) is 5.01. The van der Waals surface area contributed by atoms with Crippen molar-refractivity contribution in [2.24, 2.45) is 5.92 Å². The van der Waals surface area contributed by atoms with Crippen LogP contribution in [0.25, 0.3) is 0 Å². The number of fused-ring (bicyclic) bond motifs is 3. The van der Waals surface area contributed by atoms with E-state index >= 15 is 0 Å². The summed E-state index contributed by atoms with van der Waals surface area (Å²) in [7, 11) is 2.99. The molecular formula is C34H32O8. The van der Waals surface area contributed by atoms with Crippen molar-refractivity contribution in [1.82, 2.24) is 0 Å². The van der Waals surface area contributed by atoms with E-state index in [1.807, 2.05) is 36.4 Å². The highest BCUT2D eigenvalue weighted by molar-refractivity contribution is 5.78. The molecule has 0 spiro atoms. The normalized spacial score (nSPS) is 27.5. The van der Waals surface area contributed by atoms with Crippen molar-refractivity contribution in [2.45, 2.75) is 36.3 Å². The van der Waals surface area contributed by atoms with Gasteiger partial charge in [0.25, 0.3) is 0 Å². The van der Waals surface area contributed by atoms with Gasteiger partial charge in [0.2, 0.25) is 0 Å². The van der Waals surface area contributed by atoms with Crippen LogP contribution in [-0.2, 0) is 22.6 Å². The molecule has 0 amide bonds. The second-order valence-corrected chi connectivity index (χ2v) is 10.9. The molecule has 0 radical (unpaired) electrons. The number of carboxylic acids is 1. The van der Waals surface area contributed by atoms with Crippen LogP contribution in [0.15, 0.2) is 97.1 Å². The second-order valence-electron chi connectivity index (χ2n) is 10.9. The third-order valence-electron chi connectivity index (χ3n) is 8.73. The number of hydrogen-bond acceptors (Lipinski definition) is 7. The highest BCUT2D eigenvalue weighted by Crippen LogP contribution is 2.73. The molecule has 4 aromatic rings. The smallest absolute Gasteiger partial charge is 0.310 e. The van der Waals surface area contributed by atoms with E-state index in [-0.39, 0.29) is 23.7 Å². The first-order valence-corrected chi connectivity index (χ1v) is 13.6. The third-order valence-corrected chi connectivity index (χ3v) is 8.73. The van der Waals surface area contributed by atoms with Crippen LogP contribution >= 0.6 is 0 Å². The topological polar surface area (TPSA) is 115 Å². The average Bonchev–Trinajstić information content (AvgIpc) is 3.37. The molecule has 1 aliphatic heterocycles. The fourth-order valence-corrected chi connectivity index (χ4v) is 6.88. The van der Waals surface area contributed by atoms with Gasteiger partial charge < -0.3 is 34.3 Å². The summed E-state index contributed by atoms with van der Waals surface area (Å²) in [6.45, 7) is 1.63. The van der Waals surface area contributed by atoms with E-state index < -0.39 is 34.6 Å². The fourth-order valence-electron chi connectivity index (χ4n) is 6.88. The number of carboxylic acid groups (broad SMARTS) is 1. The van der Waals surface area contributed by atoms with Crippen molar-refractivity contribution in [3.63, 3.8) is 0 Å². The highest BCUT2D eigenvalue weighted by atomic mass is 16.5. The first-order valence-electron chi connectivity index (χ1n) is 13.6. The lowest BCUT2D eigenvalue weighted by Crippen LogP contribution is -2.57. The zero-order valence-corrected chi connectivity index (χ0v) is 23.5. The van der Waals surface area contributed by atoms with Crippen LogP contribution in [0.1, 0.15) is 35.1 Å². The van der Waals surface area contributed by atoms with Crippen molar-refractivity contribution < 1.29 is 39.1 Å². The quantitative estimate of drug-likeness (QED) is 0.272. The van der Waals surface area contributed by atoms with E-state index in [1.54, 1.807) is 67.8 Å². The van der Waals surface area contributed by atoms with Gasteiger partial charge in [-0.1, -0.05) is 72.8 Å². The van der Waals surface area contributed by atoms with Gasteiger partial charge in [0.15, 0.2) is 11.2 Å². The predicted molar refractivity (Wildman–Crippen MR) is 154 cm³/mol. The van der Waals surface area contributed by atoms with Crippen LogP contribution in [0.2, 0.25) is 0 Å². The summed E-state index contributed by atoms with van der Waals surface area (Å²) < 4.78 is 24.1. The van der Waals surface area contributed by atoms with E-state index in [4.69, 9.17) is 18.9 Å². The molecular weight excluding hydrogens is 536 g/mol. The Labute approximate surface area is 243 Å². The molecule has 0 bridgehead atoms. The van der Waals surface area contributed by atoms with E-state index in [0.29, 0.717) is 22.6 Å². The van der Waals surface area contributed by atoms with E-state index in [9.17, 15) is 20.1 Å². The first-order chi connectivity index (χ1) is 20.2. The molecule has 5 unspecified atom stereocenters. The second kappa shape index (κ2) is 10.1. The van der Waals surface area contributed by atoms with E-state index in [1.165, 1.54) is 14.0 Å². The molecule has 5 atom stereocenters. The lowest BCUT2D eigenvalue weighted by atomic mass is 9.69. The number of benzene rings is 4. The summed E-state index contributed by atoms with van der Waals surface area (Å²) in [5.41, 5.74) is -4.10. The number of methoxy groups -OCH3 is 2. The number of aliphatic carboxylic acids is 1. The van der Waals surface area contributed by atoms with Crippen LogP contribution in [0.4, 0.5) is 0 Å². The van der Waals surface area contributed by atoms with Crippen LogP contribution in [0, 0.1) is 5.92 Å². The van der Waals surface area contributed by atoms with Crippen molar-refractivity contribution in [3.05, 3.63) is 119 Å². The van der Waals surface area contributed by atoms with E-state index in [0.717, 1.165) is 5.56 Å². The molecule has 1 saturated carbocycles. The lowest BCUT2D eigenvalue weighted by Gasteiger charge is -2.43. The molecule has 3 N–H and O–H groups in total. The molecule has 1 heterocycles. The SMILES string of the molecule is COc1ccc(C23Oc4cc(OCc5ccccc5)cc(OC)c4C2(O)C(C)(O)C(C(=O)O)C3c2ccccc2)cc1. The lowest BCUT2D eigenvalue weighted by molar-refractivity contribution is -0.200. The Balaban J connectivity index is 1.60. The summed E-state index contributed by atoms with van der Waals surface area (Å²) >= 11 is 0. The van der Waals surface area contributed by atoms with Gasteiger partial charge in [0, 0.05) is 18.1 Å². The molecule has 1 fully saturated rings. The fraction of sp³-hybridized carbons (Fsp3) is 0.265.